The molecule has 2 aliphatic rings. The van der Waals surface area contributed by atoms with E-state index in [4.69, 9.17) is 4.74 Å². The maximum Gasteiger partial charge on any atom is 0.219 e. The molecular weight excluding hydrogens is 276 g/mol. The summed E-state index contributed by atoms with van der Waals surface area (Å²) in [4.78, 5) is 0. The van der Waals surface area contributed by atoms with Crippen LogP contribution in [0.15, 0.2) is 0 Å². The van der Waals surface area contributed by atoms with Crippen molar-refractivity contribution in [2.75, 3.05) is 33.4 Å². The summed E-state index contributed by atoms with van der Waals surface area (Å²) in [5.41, 5.74) is 0. The zero-order chi connectivity index (χ0) is 12.3. The molecule has 7 heteroatoms. The molecule has 0 aromatic carbocycles. The number of nitrogens with zero attached hydrogens (tertiary/aromatic N) is 1. The second kappa shape index (κ2) is 7.05. The number of nitrogens with one attached hydrogen (secondary N) is 1. The zero-order valence-electron chi connectivity index (χ0n) is 10.8. The van der Waals surface area contributed by atoms with Crippen LogP contribution in [0, 0.1) is 0 Å². The number of likely N-dealkylation sites (N-methyl/N-ethyl adjacent to an activating group) is 1. The van der Waals surface area contributed by atoms with Crippen LogP contribution in [0.4, 0.5) is 0 Å². The summed E-state index contributed by atoms with van der Waals surface area (Å²) >= 11 is 0. The highest BCUT2D eigenvalue weighted by molar-refractivity contribution is 7.89. The standard InChI is InChI=1S/C11H22N2O3S.ClH/c1-12-10-4-2-6-13(8-10)17(14,15)11-5-3-7-16-9-11;/h10-12H,2-9H2,1H3;1H. The first-order valence-corrected chi connectivity index (χ1v) is 7.89. The fourth-order valence-electron chi connectivity index (χ4n) is 2.57. The number of sulfonamides is 1. The van der Waals surface area contributed by atoms with E-state index in [0.717, 1.165) is 25.7 Å². The molecule has 2 fully saturated rings. The molecule has 5 nitrogen and oxygen atoms in total. The molecule has 2 saturated heterocycles. The minimum atomic E-state index is -3.16. The van der Waals surface area contributed by atoms with Crippen molar-refractivity contribution in [3.05, 3.63) is 0 Å². The number of hydrogen-bond acceptors (Lipinski definition) is 4. The van der Waals surface area contributed by atoms with E-state index in [0.29, 0.717) is 32.3 Å². The molecule has 2 heterocycles. The number of piperidine rings is 1. The van der Waals surface area contributed by atoms with Crippen molar-refractivity contribution in [2.45, 2.75) is 37.0 Å². The van der Waals surface area contributed by atoms with Gasteiger partial charge in [-0.05, 0) is 32.7 Å². The van der Waals surface area contributed by atoms with Gasteiger partial charge < -0.3 is 10.1 Å². The average Bonchev–Trinajstić information content (AvgIpc) is 2.40. The molecule has 0 aliphatic carbocycles. The number of halogens is 1. The van der Waals surface area contributed by atoms with Crippen molar-refractivity contribution >= 4 is 22.4 Å². The lowest BCUT2D eigenvalue weighted by molar-refractivity contribution is 0.0969. The lowest BCUT2D eigenvalue weighted by Crippen LogP contribution is -2.51. The topological polar surface area (TPSA) is 58.6 Å². The molecule has 2 unspecified atom stereocenters. The first-order chi connectivity index (χ1) is 8.14. The van der Waals surface area contributed by atoms with Gasteiger partial charge in [-0.3, -0.25) is 0 Å². The molecule has 1 N–H and O–H groups in total. The Morgan fingerprint density at radius 3 is 2.67 bits per heavy atom. The molecule has 2 atom stereocenters. The average molecular weight is 299 g/mol. The monoisotopic (exact) mass is 298 g/mol. The van der Waals surface area contributed by atoms with E-state index in [1.165, 1.54) is 0 Å². The van der Waals surface area contributed by atoms with E-state index < -0.39 is 10.0 Å². The Labute approximate surface area is 116 Å². The van der Waals surface area contributed by atoms with Crippen LogP contribution in [0.1, 0.15) is 25.7 Å². The maximum absolute atomic E-state index is 12.4. The van der Waals surface area contributed by atoms with Crippen molar-refractivity contribution in [1.82, 2.24) is 9.62 Å². The fourth-order valence-corrected chi connectivity index (χ4v) is 4.49. The molecule has 0 spiro atoms. The Kier molecular flexibility index (Phi) is 6.34. The van der Waals surface area contributed by atoms with Crippen LogP contribution in [0.25, 0.3) is 0 Å². The van der Waals surface area contributed by atoms with Gasteiger partial charge in [0, 0.05) is 25.7 Å². The third kappa shape index (κ3) is 3.57. The number of ether oxygens (including phenoxy) is 1. The predicted octanol–water partition coefficient (Wildman–Crippen LogP) is 0.601. The first kappa shape index (κ1) is 16.2. The van der Waals surface area contributed by atoms with Crippen LogP contribution in [-0.4, -0.2) is 57.4 Å². The number of hydrogen-bond donors (Lipinski definition) is 1. The second-order valence-electron chi connectivity index (χ2n) is 4.87. The minimum absolute atomic E-state index is 0. The SMILES string of the molecule is CNC1CCCN(S(=O)(=O)C2CCCOC2)C1.Cl. The quantitative estimate of drug-likeness (QED) is 0.829. The second-order valence-corrected chi connectivity index (χ2v) is 7.08. The van der Waals surface area contributed by atoms with E-state index in [2.05, 4.69) is 5.32 Å². The molecule has 108 valence electrons. The van der Waals surface area contributed by atoms with Gasteiger partial charge in [0.1, 0.15) is 0 Å². The molecule has 0 bridgehead atoms. The van der Waals surface area contributed by atoms with Gasteiger partial charge in [0.25, 0.3) is 0 Å². The predicted molar refractivity (Wildman–Crippen MR) is 73.7 cm³/mol. The zero-order valence-corrected chi connectivity index (χ0v) is 12.4. The lowest BCUT2D eigenvalue weighted by Gasteiger charge is -2.35. The van der Waals surface area contributed by atoms with Crippen molar-refractivity contribution < 1.29 is 13.2 Å². The fraction of sp³-hybridized carbons (Fsp3) is 1.00. The summed E-state index contributed by atoms with van der Waals surface area (Å²) in [5.74, 6) is 0. The lowest BCUT2D eigenvalue weighted by atomic mass is 10.1. The van der Waals surface area contributed by atoms with E-state index in [1.807, 2.05) is 7.05 Å². The molecule has 2 rings (SSSR count). The Hall–Kier alpha value is 0.120. The summed E-state index contributed by atoms with van der Waals surface area (Å²) in [6, 6.07) is 0.294. The normalized spacial score (nSPS) is 30.7. The highest BCUT2D eigenvalue weighted by Gasteiger charge is 2.35. The first-order valence-electron chi connectivity index (χ1n) is 6.38. The van der Waals surface area contributed by atoms with Gasteiger partial charge in [0.2, 0.25) is 10.0 Å². The molecule has 2 aliphatic heterocycles. The Morgan fingerprint density at radius 2 is 2.06 bits per heavy atom. The van der Waals surface area contributed by atoms with Crippen LogP contribution in [0.2, 0.25) is 0 Å². The van der Waals surface area contributed by atoms with Gasteiger partial charge in [-0.2, -0.15) is 0 Å². The van der Waals surface area contributed by atoms with E-state index in [-0.39, 0.29) is 17.7 Å². The molecular formula is C11H23ClN2O3S. The molecule has 18 heavy (non-hydrogen) atoms. The molecule has 0 saturated carbocycles. The largest absolute Gasteiger partial charge is 0.380 e. The van der Waals surface area contributed by atoms with Gasteiger partial charge in [-0.15, -0.1) is 12.4 Å². The highest BCUT2D eigenvalue weighted by atomic mass is 35.5. The molecule has 0 aromatic rings. The third-order valence-electron chi connectivity index (χ3n) is 3.69. The van der Waals surface area contributed by atoms with Gasteiger partial charge in [0.15, 0.2) is 0 Å². The van der Waals surface area contributed by atoms with Gasteiger partial charge in [-0.1, -0.05) is 0 Å². The van der Waals surface area contributed by atoms with E-state index in [1.54, 1.807) is 4.31 Å². The summed E-state index contributed by atoms with van der Waals surface area (Å²) < 4.78 is 31.8. The van der Waals surface area contributed by atoms with Crippen LogP contribution in [-0.2, 0) is 14.8 Å². The highest BCUT2D eigenvalue weighted by Crippen LogP contribution is 2.22. The number of rotatable bonds is 3. The van der Waals surface area contributed by atoms with Crippen LogP contribution in [0.3, 0.4) is 0 Å². The summed E-state index contributed by atoms with van der Waals surface area (Å²) in [7, 11) is -1.27. The van der Waals surface area contributed by atoms with Crippen molar-refractivity contribution in [2.24, 2.45) is 0 Å². The Morgan fingerprint density at radius 1 is 1.28 bits per heavy atom. The van der Waals surface area contributed by atoms with Crippen LogP contribution < -0.4 is 5.32 Å². The van der Waals surface area contributed by atoms with Crippen molar-refractivity contribution in [1.29, 1.82) is 0 Å². The Balaban J connectivity index is 0.00000162. The summed E-state index contributed by atoms with van der Waals surface area (Å²) in [6.07, 6.45) is 3.60. The summed E-state index contributed by atoms with van der Waals surface area (Å²) in [5, 5.41) is 2.84. The molecule has 0 radical (unpaired) electrons. The van der Waals surface area contributed by atoms with Gasteiger partial charge in [-0.25, -0.2) is 12.7 Å². The van der Waals surface area contributed by atoms with Crippen molar-refractivity contribution in [3.8, 4) is 0 Å². The van der Waals surface area contributed by atoms with E-state index in [9.17, 15) is 8.42 Å². The maximum atomic E-state index is 12.4. The smallest absolute Gasteiger partial charge is 0.219 e. The van der Waals surface area contributed by atoms with Crippen LogP contribution >= 0.6 is 12.4 Å². The van der Waals surface area contributed by atoms with Crippen LogP contribution in [0.5, 0.6) is 0 Å². The molecule has 0 amide bonds. The minimum Gasteiger partial charge on any atom is -0.380 e. The van der Waals surface area contributed by atoms with Gasteiger partial charge >= 0.3 is 0 Å². The Bertz CT molecular complexity index is 344. The van der Waals surface area contributed by atoms with E-state index >= 15 is 0 Å². The third-order valence-corrected chi connectivity index (χ3v) is 5.96. The molecule has 0 aromatic heterocycles. The van der Waals surface area contributed by atoms with Crippen molar-refractivity contribution in [3.63, 3.8) is 0 Å². The summed E-state index contributed by atoms with van der Waals surface area (Å²) in [6.45, 7) is 2.33. The van der Waals surface area contributed by atoms with Gasteiger partial charge in [0.05, 0.1) is 11.9 Å².